The Hall–Kier alpha value is 0.190. The molecule has 0 aliphatic carbocycles. The van der Waals surface area contributed by atoms with E-state index in [9.17, 15) is 13.2 Å². The fourth-order valence-electron chi connectivity index (χ4n) is 2.41. The third-order valence-electron chi connectivity index (χ3n) is 3.73. The van der Waals surface area contributed by atoms with Gasteiger partial charge in [0.2, 0.25) is 4.70 Å². The molecule has 0 rings (SSSR count). The lowest BCUT2D eigenvalue weighted by molar-refractivity contribution is -0.179. The summed E-state index contributed by atoms with van der Waals surface area (Å²) in [6, 6.07) is 0. The van der Waals surface area contributed by atoms with Crippen molar-refractivity contribution in [2.45, 2.75) is 75.6 Å². The van der Waals surface area contributed by atoms with Crippen molar-refractivity contribution in [3.05, 3.63) is 0 Å². The molecular weight excluding hydrogens is 349 g/mol. The number of ether oxygens (including phenoxy) is 2. The molecule has 0 N–H and O–H groups in total. The van der Waals surface area contributed by atoms with Gasteiger partial charge in [0.25, 0.3) is 0 Å². The van der Waals surface area contributed by atoms with Gasteiger partial charge in [0.05, 0.1) is 0 Å². The van der Waals surface area contributed by atoms with Crippen molar-refractivity contribution in [3.63, 3.8) is 0 Å². The summed E-state index contributed by atoms with van der Waals surface area (Å²) in [6.45, 7) is 2.16. The van der Waals surface area contributed by atoms with E-state index in [0.717, 1.165) is 19.3 Å². The SMILES string of the molecule is CCCCCCCCC(CCC(F)(F)F)C(Br)(OC)OC. The standard InChI is InChI=1S/C15H28BrF3O2/c1-4-5-6-7-8-9-10-13(11-12-14(17,18)19)15(16,20-2)21-3/h13H,4-12H2,1-3H3. The van der Waals surface area contributed by atoms with Crippen molar-refractivity contribution < 1.29 is 22.6 Å². The summed E-state index contributed by atoms with van der Waals surface area (Å²) < 4.78 is 46.7. The summed E-state index contributed by atoms with van der Waals surface area (Å²) >= 11 is 3.30. The predicted octanol–water partition coefficient (Wildman–Crippen LogP) is 6.04. The Kier molecular flexibility index (Phi) is 10.9. The highest BCUT2D eigenvalue weighted by Gasteiger charge is 2.39. The smallest absolute Gasteiger partial charge is 0.344 e. The molecule has 0 radical (unpaired) electrons. The quantitative estimate of drug-likeness (QED) is 0.235. The van der Waals surface area contributed by atoms with Crippen molar-refractivity contribution in [1.29, 1.82) is 0 Å². The highest BCUT2D eigenvalue weighted by molar-refractivity contribution is 9.10. The van der Waals surface area contributed by atoms with Gasteiger partial charge in [-0.1, -0.05) is 45.4 Å². The van der Waals surface area contributed by atoms with E-state index in [-0.39, 0.29) is 12.3 Å². The van der Waals surface area contributed by atoms with Crippen LogP contribution in [0.25, 0.3) is 0 Å². The lowest BCUT2D eigenvalue weighted by Gasteiger charge is -2.33. The third-order valence-corrected chi connectivity index (χ3v) is 5.02. The lowest BCUT2D eigenvalue weighted by atomic mass is 9.94. The average molecular weight is 377 g/mol. The van der Waals surface area contributed by atoms with Gasteiger partial charge in [-0.15, -0.1) is 0 Å². The summed E-state index contributed by atoms with van der Waals surface area (Å²) in [6.07, 6.45) is 2.38. The first-order chi connectivity index (χ1) is 9.79. The maximum Gasteiger partial charge on any atom is 0.389 e. The highest BCUT2D eigenvalue weighted by Crippen LogP contribution is 2.38. The molecule has 1 atom stereocenters. The minimum absolute atomic E-state index is 0.00535. The molecule has 0 aromatic carbocycles. The van der Waals surface area contributed by atoms with E-state index >= 15 is 0 Å². The molecule has 21 heavy (non-hydrogen) atoms. The van der Waals surface area contributed by atoms with Crippen molar-refractivity contribution >= 4 is 15.9 Å². The zero-order chi connectivity index (χ0) is 16.4. The molecule has 0 aliphatic rings. The number of hydrogen-bond donors (Lipinski definition) is 0. The Morgan fingerprint density at radius 1 is 0.905 bits per heavy atom. The normalized spacial score (nSPS) is 14.4. The summed E-state index contributed by atoms with van der Waals surface area (Å²) in [7, 11) is 2.89. The van der Waals surface area contributed by atoms with Gasteiger partial charge in [0, 0.05) is 26.6 Å². The number of unbranched alkanes of at least 4 members (excludes halogenated alkanes) is 5. The number of methoxy groups -OCH3 is 2. The molecule has 0 amide bonds. The van der Waals surface area contributed by atoms with Crippen LogP contribution in [0.3, 0.4) is 0 Å². The van der Waals surface area contributed by atoms with Gasteiger partial charge in [-0.2, -0.15) is 13.2 Å². The molecule has 128 valence electrons. The molecule has 0 fully saturated rings. The van der Waals surface area contributed by atoms with E-state index in [2.05, 4.69) is 22.9 Å². The molecule has 2 nitrogen and oxygen atoms in total. The Morgan fingerprint density at radius 3 is 1.90 bits per heavy atom. The average Bonchev–Trinajstić information content (AvgIpc) is 2.43. The van der Waals surface area contributed by atoms with Crippen LogP contribution in [0, 0.1) is 5.92 Å². The minimum Gasteiger partial charge on any atom is -0.344 e. The van der Waals surface area contributed by atoms with Crippen LogP contribution >= 0.6 is 15.9 Å². The number of halogens is 4. The first-order valence-electron chi connectivity index (χ1n) is 7.65. The molecule has 0 aromatic rings. The van der Waals surface area contributed by atoms with E-state index in [4.69, 9.17) is 9.47 Å². The van der Waals surface area contributed by atoms with E-state index in [0.29, 0.717) is 6.42 Å². The van der Waals surface area contributed by atoms with Crippen LogP contribution in [0.1, 0.15) is 64.7 Å². The topological polar surface area (TPSA) is 18.5 Å². The summed E-state index contributed by atoms with van der Waals surface area (Å²) in [5, 5.41) is 0. The predicted molar refractivity (Wildman–Crippen MR) is 82.4 cm³/mol. The maximum absolute atomic E-state index is 12.4. The van der Waals surface area contributed by atoms with Crippen molar-refractivity contribution in [3.8, 4) is 0 Å². The number of hydrogen-bond acceptors (Lipinski definition) is 2. The number of rotatable bonds is 12. The fraction of sp³-hybridized carbons (Fsp3) is 1.00. The second-order valence-electron chi connectivity index (χ2n) is 5.40. The van der Waals surface area contributed by atoms with E-state index < -0.39 is 17.3 Å². The van der Waals surface area contributed by atoms with Gasteiger partial charge >= 0.3 is 6.18 Å². The first-order valence-corrected chi connectivity index (χ1v) is 8.44. The largest absolute Gasteiger partial charge is 0.389 e. The first kappa shape index (κ1) is 21.2. The monoisotopic (exact) mass is 376 g/mol. The molecule has 0 spiro atoms. The van der Waals surface area contributed by atoms with Crippen molar-refractivity contribution in [2.75, 3.05) is 14.2 Å². The maximum atomic E-state index is 12.4. The van der Waals surface area contributed by atoms with Gasteiger partial charge < -0.3 is 9.47 Å². The third kappa shape index (κ3) is 9.74. The van der Waals surface area contributed by atoms with Crippen LogP contribution in [-0.2, 0) is 9.47 Å². The molecule has 0 aromatic heterocycles. The summed E-state index contributed by atoms with van der Waals surface area (Å²) in [5.41, 5.74) is 0. The summed E-state index contributed by atoms with van der Waals surface area (Å²) in [4.78, 5) is 0. The van der Waals surface area contributed by atoms with Crippen LogP contribution in [0.5, 0.6) is 0 Å². The van der Waals surface area contributed by atoms with Gasteiger partial charge in [0.1, 0.15) is 0 Å². The van der Waals surface area contributed by atoms with Crippen LogP contribution in [0.4, 0.5) is 13.2 Å². The molecule has 1 unspecified atom stereocenters. The Labute approximate surface area is 134 Å². The Balaban J connectivity index is 4.32. The van der Waals surface area contributed by atoms with E-state index in [1.807, 2.05) is 0 Å². The molecule has 0 bridgehead atoms. The van der Waals surface area contributed by atoms with Gasteiger partial charge in [-0.25, -0.2) is 0 Å². The Bertz CT molecular complexity index is 256. The van der Waals surface area contributed by atoms with Crippen molar-refractivity contribution in [1.82, 2.24) is 0 Å². The minimum atomic E-state index is -4.14. The Morgan fingerprint density at radius 2 is 1.43 bits per heavy atom. The van der Waals surface area contributed by atoms with Crippen LogP contribution in [0.2, 0.25) is 0 Å². The molecule has 0 aliphatic heterocycles. The second kappa shape index (κ2) is 10.8. The van der Waals surface area contributed by atoms with Crippen LogP contribution in [0.15, 0.2) is 0 Å². The van der Waals surface area contributed by atoms with Crippen LogP contribution in [-0.4, -0.2) is 25.1 Å². The molecule has 6 heteroatoms. The fourth-order valence-corrected chi connectivity index (χ4v) is 2.87. The van der Waals surface area contributed by atoms with Gasteiger partial charge in [-0.05, 0) is 28.8 Å². The molecule has 0 heterocycles. The van der Waals surface area contributed by atoms with Gasteiger partial charge in [0.15, 0.2) is 0 Å². The molecule has 0 saturated heterocycles. The van der Waals surface area contributed by atoms with E-state index in [1.165, 1.54) is 33.5 Å². The molecule has 0 saturated carbocycles. The molecular formula is C15H28BrF3O2. The highest BCUT2D eigenvalue weighted by atomic mass is 79.9. The second-order valence-corrected chi connectivity index (χ2v) is 6.50. The van der Waals surface area contributed by atoms with Gasteiger partial charge in [-0.3, -0.25) is 0 Å². The summed E-state index contributed by atoms with van der Waals surface area (Å²) in [5.74, 6) is -0.319. The van der Waals surface area contributed by atoms with E-state index in [1.54, 1.807) is 0 Å². The zero-order valence-electron chi connectivity index (χ0n) is 13.3. The lowest BCUT2D eigenvalue weighted by Crippen LogP contribution is -2.36. The van der Waals surface area contributed by atoms with Crippen LogP contribution < -0.4 is 0 Å². The van der Waals surface area contributed by atoms with Crippen molar-refractivity contribution in [2.24, 2.45) is 5.92 Å². The zero-order valence-corrected chi connectivity index (χ0v) is 14.9. The number of alkyl halides is 4.